The van der Waals surface area contributed by atoms with Gasteiger partial charge in [0.25, 0.3) is 5.79 Å². The number of nitrogens with two attached hydrogens (primary N) is 1. The average Bonchev–Trinajstić information content (AvgIpc) is 3.23. The Balaban J connectivity index is 1.84. The van der Waals surface area contributed by atoms with Crippen molar-refractivity contribution >= 4 is 10.0 Å². The first-order valence-corrected chi connectivity index (χ1v) is 9.45. The molecule has 0 atom stereocenters. The second-order valence-corrected chi connectivity index (χ2v) is 7.64. The molecule has 0 fully saturated rings. The van der Waals surface area contributed by atoms with E-state index in [1.165, 1.54) is 30.7 Å². The summed E-state index contributed by atoms with van der Waals surface area (Å²) in [5.74, 6) is -1.48. The van der Waals surface area contributed by atoms with Crippen molar-refractivity contribution in [2.24, 2.45) is 5.14 Å². The molecule has 2 aromatic carbocycles. The third-order valence-corrected chi connectivity index (χ3v) is 5.38. The van der Waals surface area contributed by atoms with Gasteiger partial charge in [-0.3, -0.25) is 0 Å². The molecule has 0 radical (unpaired) electrons. The third kappa shape index (κ3) is 2.89. The Kier molecular flexibility index (Phi) is 3.83. The normalized spacial score (nSPS) is 16.5. The molecule has 138 valence electrons. The Morgan fingerprint density at radius 2 is 1.96 bits per heavy atom. The van der Waals surface area contributed by atoms with Crippen LogP contribution in [-0.2, 0) is 31.7 Å². The first-order chi connectivity index (χ1) is 12.8. The molecule has 1 spiro atoms. The van der Waals surface area contributed by atoms with Crippen molar-refractivity contribution < 1.29 is 27.0 Å². The number of sulfonamides is 1. The van der Waals surface area contributed by atoms with Gasteiger partial charge in [0.2, 0.25) is 10.0 Å². The van der Waals surface area contributed by atoms with Crippen molar-refractivity contribution in [1.29, 1.82) is 5.26 Å². The molecule has 9 heteroatoms. The minimum absolute atomic E-state index is 0.103. The van der Waals surface area contributed by atoms with Crippen LogP contribution in [0.2, 0.25) is 0 Å². The highest BCUT2D eigenvalue weighted by Crippen LogP contribution is 2.50. The molecule has 0 bridgehead atoms. The van der Waals surface area contributed by atoms with Crippen molar-refractivity contribution in [1.82, 2.24) is 0 Å². The van der Waals surface area contributed by atoms with Crippen LogP contribution in [0.5, 0.6) is 11.5 Å². The van der Waals surface area contributed by atoms with Crippen molar-refractivity contribution in [3.05, 3.63) is 65.4 Å². The summed E-state index contributed by atoms with van der Waals surface area (Å²) in [5.41, 5.74) is 0.906. The number of halogens is 1. The highest BCUT2D eigenvalue weighted by Gasteiger charge is 2.49. The minimum atomic E-state index is -4.04. The van der Waals surface area contributed by atoms with Gasteiger partial charge in [0.05, 0.1) is 22.1 Å². The lowest BCUT2D eigenvalue weighted by Crippen LogP contribution is -2.27. The number of fused-ring (bicyclic) bond motifs is 2. The third-order valence-electron chi connectivity index (χ3n) is 4.42. The molecule has 0 saturated heterocycles. The number of rotatable bonds is 3. The number of ether oxygens (including phenoxy) is 3. The van der Waals surface area contributed by atoms with E-state index in [4.69, 9.17) is 24.6 Å². The van der Waals surface area contributed by atoms with Gasteiger partial charge >= 0.3 is 0 Å². The number of primary sulfonamides is 1. The highest BCUT2D eigenvalue weighted by atomic mass is 32.2. The summed E-state index contributed by atoms with van der Waals surface area (Å²) in [5, 5.41) is 14.3. The molecule has 0 saturated carbocycles. The van der Waals surface area contributed by atoms with Crippen molar-refractivity contribution in [3.63, 3.8) is 0 Å². The second-order valence-electron chi connectivity index (χ2n) is 6.11. The van der Waals surface area contributed by atoms with Gasteiger partial charge < -0.3 is 14.2 Å². The fourth-order valence-corrected chi connectivity index (χ4v) is 4.19. The van der Waals surface area contributed by atoms with Gasteiger partial charge in [-0.25, -0.2) is 17.9 Å². The van der Waals surface area contributed by atoms with E-state index in [1.807, 2.05) is 6.07 Å². The zero-order valence-electron chi connectivity index (χ0n) is 13.8. The van der Waals surface area contributed by atoms with Gasteiger partial charge in [-0.2, -0.15) is 5.26 Å². The highest BCUT2D eigenvalue weighted by molar-refractivity contribution is 7.89. The molecule has 27 heavy (non-hydrogen) atoms. The van der Waals surface area contributed by atoms with Crippen LogP contribution >= 0.6 is 0 Å². The molecule has 1 aliphatic carbocycles. The molecule has 0 aromatic heterocycles. The first kappa shape index (κ1) is 17.3. The maximum atomic E-state index is 13.7. The van der Waals surface area contributed by atoms with E-state index in [0.29, 0.717) is 24.2 Å². The molecule has 0 unspecified atom stereocenters. The van der Waals surface area contributed by atoms with E-state index in [0.717, 1.165) is 12.1 Å². The average molecular weight is 388 g/mol. The molecule has 1 heterocycles. The van der Waals surface area contributed by atoms with Crippen LogP contribution in [0.4, 0.5) is 4.39 Å². The standard InChI is InChI=1S/C18H13FN2O5S/c19-12-7-11(10-20)8-13(9-12)26-15-1-2-16(27(21,22)23)17-14(15)3-4-18(17)24-5-6-25-18/h1-2,5-9H,3-4H2,(H2,21,22,23). The second kappa shape index (κ2) is 5.97. The molecule has 7 nitrogen and oxygen atoms in total. The fraction of sp³-hybridized carbons (Fsp3) is 0.167. The number of nitriles is 1. The maximum absolute atomic E-state index is 13.7. The summed E-state index contributed by atoms with van der Waals surface area (Å²) >= 11 is 0. The maximum Gasteiger partial charge on any atom is 0.278 e. The Bertz CT molecular complexity index is 1110. The lowest BCUT2D eigenvalue weighted by molar-refractivity contribution is -0.148. The van der Waals surface area contributed by atoms with Crippen molar-refractivity contribution in [3.8, 4) is 17.6 Å². The van der Waals surface area contributed by atoms with E-state index in [1.54, 1.807) is 0 Å². The molecule has 2 N–H and O–H groups in total. The summed E-state index contributed by atoms with van der Waals surface area (Å²) in [6.07, 6.45) is 3.42. The van der Waals surface area contributed by atoms with Crippen LogP contribution in [0.15, 0.2) is 47.8 Å². The molecule has 2 aliphatic rings. The number of benzene rings is 2. The predicted octanol–water partition coefficient (Wildman–Crippen LogP) is 2.75. The smallest absolute Gasteiger partial charge is 0.278 e. The number of nitrogens with zero attached hydrogens (tertiary/aromatic N) is 1. The van der Waals surface area contributed by atoms with Gasteiger partial charge in [-0.15, -0.1) is 0 Å². The Labute approximate surface area is 154 Å². The van der Waals surface area contributed by atoms with Crippen LogP contribution in [0.3, 0.4) is 0 Å². The Hall–Kier alpha value is -3.09. The molecule has 0 amide bonds. The summed E-state index contributed by atoms with van der Waals surface area (Å²) in [4.78, 5) is -0.122. The van der Waals surface area contributed by atoms with Crippen LogP contribution in [0.1, 0.15) is 23.1 Å². The quantitative estimate of drug-likeness (QED) is 0.865. The van der Waals surface area contributed by atoms with E-state index in [9.17, 15) is 12.8 Å². The summed E-state index contributed by atoms with van der Waals surface area (Å²) < 4.78 is 54.6. The van der Waals surface area contributed by atoms with Crippen molar-refractivity contribution in [2.75, 3.05) is 0 Å². The summed E-state index contributed by atoms with van der Waals surface area (Å²) in [6, 6.07) is 8.20. The van der Waals surface area contributed by atoms with Gasteiger partial charge in [0.1, 0.15) is 29.8 Å². The van der Waals surface area contributed by atoms with Crippen LogP contribution in [0, 0.1) is 17.1 Å². The van der Waals surface area contributed by atoms with Gasteiger partial charge in [0, 0.05) is 18.1 Å². The van der Waals surface area contributed by atoms with Crippen LogP contribution in [-0.4, -0.2) is 8.42 Å². The zero-order valence-corrected chi connectivity index (χ0v) is 14.6. The SMILES string of the molecule is N#Cc1cc(F)cc(Oc2ccc(S(N)(=O)=O)c3c2CCC32OC=CO2)c1. The van der Waals surface area contributed by atoms with Gasteiger partial charge in [0.15, 0.2) is 0 Å². The number of hydrogen-bond acceptors (Lipinski definition) is 6. The summed E-state index contributed by atoms with van der Waals surface area (Å²) in [6.45, 7) is 0. The van der Waals surface area contributed by atoms with Gasteiger partial charge in [-0.1, -0.05) is 0 Å². The van der Waals surface area contributed by atoms with Crippen LogP contribution in [0.25, 0.3) is 0 Å². The van der Waals surface area contributed by atoms with Crippen molar-refractivity contribution in [2.45, 2.75) is 23.5 Å². The monoisotopic (exact) mass is 388 g/mol. The predicted molar refractivity (Wildman–Crippen MR) is 90.3 cm³/mol. The van der Waals surface area contributed by atoms with E-state index < -0.39 is 21.6 Å². The first-order valence-electron chi connectivity index (χ1n) is 7.91. The largest absolute Gasteiger partial charge is 0.457 e. The van der Waals surface area contributed by atoms with E-state index >= 15 is 0 Å². The lowest BCUT2D eigenvalue weighted by Gasteiger charge is -2.25. The molecule has 4 rings (SSSR count). The van der Waals surface area contributed by atoms with E-state index in [2.05, 4.69) is 0 Å². The number of hydrogen-bond donors (Lipinski definition) is 1. The molecular formula is C18H13FN2O5S. The Morgan fingerprint density at radius 1 is 1.22 bits per heavy atom. The van der Waals surface area contributed by atoms with E-state index in [-0.39, 0.29) is 21.8 Å². The molecule has 2 aromatic rings. The minimum Gasteiger partial charge on any atom is -0.457 e. The Morgan fingerprint density at radius 3 is 2.63 bits per heavy atom. The summed E-state index contributed by atoms with van der Waals surface area (Å²) in [7, 11) is -4.04. The molecular weight excluding hydrogens is 375 g/mol. The lowest BCUT2D eigenvalue weighted by atomic mass is 10.1. The topological polar surface area (TPSA) is 112 Å². The van der Waals surface area contributed by atoms with Gasteiger partial charge in [-0.05, 0) is 30.7 Å². The van der Waals surface area contributed by atoms with Crippen LogP contribution < -0.4 is 9.88 Å². The fourth-order valence-electron chi connectivity index (χ4n) is 3.37. The zero-order chi connectivity index (χ0) is 19.2. The molecule has 1 aliphatic heterocycles.